The first-order chi connectivity index (χ1) is 13.1. The summed E-state index contributed by atoms with van der Waals surface area (Å²) in [6, 6.07) is 6.66. The number of carboxylic acids is 1. The Morgan fingerprint density at radius 3 is 2.57 bits per heavy atom. The zero-order valence-electron chi connectivity index (χ0n) is 15.7. The van der Waals surface area contributed by atoms with E-state index < -0.39 is 23.5 Å². The first kappa shape index (κ1) is 18.3. The van der Waals surface area contributed by atoms with Gasteiger partial charge in [0.05, 0.1) is 16.8 Å². The Balaban J connectivity index is 1.86. The molecule has 1 N–H and O–H groups in total. The molecule has 28 heavy (non-hydrogen) atoms. The van der Waals surface area contributed by atoms with Gasteiger partial charge in [-0.2, -0.15) is 0 Å². The highest BCUT2D eigenvalue weighted by molar-refractivity contribution is 5.92. The van der Waals surface area contributed by atoms with Gasteiger partial charge in [0.15, 0.2) is 5.65 Å². The zero-order chi connectivity index (χ0) is 20.4. The lowest BCUT2D eigenvalue weighted by atomic mass is 9.95. The summed E-state index contributed by atoms with van der Waals surface area (Å²) < 4.78 is 29.3. The van der Waals surface area contributed by atoms with Crippen LogP contribution in [-0.4, -0.2) is 31.1 Å². The van der Waals surface area contributed by atoms with Crippen molar-refractivity contribution in [3.05, 3.63) is 51.4 Å². The molecule has 6 nitrogen and oxygen atoms in total. The van der Waals surface area contributed by atoms with E-state index in [-0.39, 0.29) is 18.5 Å². The molecule has 1 aliphatic rings. The minimum Gasteiger partial charge on any atom is -0.478 e. The normalized spacial score (nSPS) is 17.8. The van der Waals surface area contributed by atoms with E-state index in [4.69, 9.17) is 0 Å². The molecule has 2 heterocycles. The van der Waals surface area contributed by atoms with Gasteiger partial charge in [-0.25, -0.2) is 23.4 Å². The number of aromatic nitrogens is 3. The van der Waals surface area contributed by atoms with Crippen LogP contribution in [0.15, 0.2) is 29.1 Å². The third-order valence-corrected chi connectivity index (χ3v) is 5.50. The van der Waals surface area contributed by atoms with E-state index in [9.17, 15) is 23.5 Å². The highest BCUT2D eigenvalue weighted by Crippen LogP contribution is 2.49. The van der Waals surface area contributed by atoms with Gasteiger partial charge < -0.3 is 5.11 Å². The van der Waals surface area contributed by atoms with Gasteiger partial charge in [-0.3, -0.25) is 9.13 Å². The Kier molecular flexibility index (Phi) is 3.92. The van der Waals surface area contributed by atoms with Gasteiger partial charge in [-0.05, 0) is 43.2 Å². The summed E-state index contributed by atoms with van der Waals surface area (Å²) in [5.41, 5.74) is 3.33. The number of pyridine rings is 1. The fourth-order valence-corrected chi connectivity index (χ4v) is 3.75. The van der Waals surface area contributed by atoms with Crippen molar-refractivity contribution in [3.8, 4) is 11.3 Å². The molecule has 0 aliphatic heterocycles. The lowest BCUT2D eigenvalue weighted by Gasteiger charge is -2.12. The number of carbonyl (C=O) groups is 1. The van der Waals surface area contributed by atoms with Gasteiger partial charge in [-0.1, -0.05) is 6.07 Å². The van der Waals surface area contributed by atoms with Crippen LogP contribution in [0.25, 0.3) is 22.4 Å². The van der Waals surface area contributed by atoms with Gasteiger partial charge >= 0.3 is 11.7 Å². The van der Waals surface area contributed by atoms with E-state index in [1.807, 2.05) is 6.92 Å². The van der Waals surface area contributed by atoms with E-state index in [1.54, 1.807) is 38.2 Å². The Hall–Kier alpha value is -3.03. The first-order valence-corrected chi connectivity index (χ1v) is 8.89. The van der Waals surface area contributed by atoms with Gasteiger partial charge in [-0.15, -0.1) is 0 Å². The lowest BCUT2D eigenvalue weighted by molar-refractivity contribution is 0.0696. The number of aryl methyl sites for hydroxylation is 2. The second-order valence-corrected chi connectivity index (χ2v) is 7.39. The number of alkyl halides is 2. The molecule has 1 saturated carbocycles. The third kappa shape index (κ3) is 2.71. The van der Waals surface area contributed by atoms with Crippen LogP contribution in [0.4, 0.5) is 8.78 Å². The molecule has 1 unspecified atom stereocenters. The van der Waals surface area contributed by atoms with Crippen molar-refractivity contribution in [1.29, 1.82) is 0 Å². The molecule has 0 amide bonds. The minimum atomic E-state index is -2.71. The molecule has 0 saturated heterocycles. The van der Waals surface area contributed by atoms with E-state index in [2.05, 4.69) is 4.98 Å². The molecule has 3 aromatic rings. The number of halogens is 2. The highest BCUT2D eigenvalue weighted by Gasteiger charge is 2.57. The maximum Gasteiger partial charge on any atom is 0.335 e. The van der Waals surface area contributed by atoms with Gasteiger partial charge in [0, 0.05) is 31.5 Å². The Bertz CT molecular complexity index is 1190. The summed E-state index contributed by atoms with van der Waals surface area (Å²) in [6.07, 6.45) is -0.207. The zero-order valence-corrected chi connectivity index (χ0v) is 15.7. The first-order valence-electron chi connectivity index (χ1n) is 8.89. The molecule has 0 bridgehead atoms. The molecule has 8 heteroatoms. The van der Waals surface area contributed by atoms with Gasteiger partial charge in [0.25, 0.3) is 5.92 Å². The number of benzene rings is 1. The van der Waals surface area contributed by atoms with Crippen molar-refractivity contribution in [3.63, 3.8) is 0 Å². The maximum atomic E-state index is 13.3. The molecule has 1 aromatic carbocycles. The Morgan fingerprint density at radius 1 is 1.29 bits per heavy atom. The van der Waals surface area contributed by atoms with E-state index in [0.29, 0.717) is 28.0 Å². The summed E-state index contributed by atoms with van der Waals surface area (Å²) in [7, 11) is 1.55. The van der Waals surface area contributed by atoms with Crippen LogP contribution in [0.5, 0.6) is 0 Å². The van der Waals surface area contributed by atoms with Gasteiger partial charge in [0.1, 0.15) is 0 Å². The second kappa shape index (κ2) is 5.98. The molecular formula is C20H19F2N3O3. The number of hydrogen-bond acceptors (Lipinski definition) is 3. The van der Waals surface area contributed by atoms with Crippen molar-refractivity contribution in [2.24, 2.45) is 13.0 Å². The van der Waals surface area contributed by atoms with Crippen molar-refractivity contribution in [1.82, 2.24) is 14.1 Å². The maximum absolute atomic E-state index is 13.3. The molecule has 0 radical (unpaired) electrons. The predicted octanol–water partition coefficient (Wildman–Crippen LogP) is 3.37. The smallest absolute Gasteiger partial charge is 0.335 e. The largest absolute Gasteiger partial charge is 0.478 e. The van der Waals surface area contributed by atoms with Crippen molar-refractivity contribution >= 4 is 17.1 Å². The summed E-state index contributed by atoms with van der Waals surface area (Å²) in [4.78, 5) is 28.6. The standard InChI is InChI=1S/C20H19F2N3O3/c1-10-4-5-13(18(26)27)11(2)16(10)14-6-7-15-17(23-14)24(3)19(28)25(15)9-12-8-20(12,21)22/h4-7,12H,8-9H2,1-3H3,(H,26,27). The number of hydrogen-bond donors (Lipinski definition) is 1. The van der Waals surface area contributed by atoms with Crippen LogP contribution in [0.2, 0.25) is 0 Å². The molecule has 4 rings (SSSR count). The average Bonchev–Trinajstić information content (AvgIpc) is 3.16. The molecule has 146 valence electrons. The van der Waals surface area contributed by atoms with E-state index in [0.717, 1.165) is 5.56 Å². The fraction of sp³-hybridized carbons (Fsp3) is 0.350. The Morgan fingerprint density at radius 2 is 1.96 bits per heavy atom. The van der Waals surface area contributed by atoms with Crippen LogP contribution in [0, 0.1) is 19.8 Å². The van der Waals surface area contributed by atoms with E-state index >= 15 is 0 Å². The van der Waals surface area contributed by atoms with Crippen LogP contribution in [0.1, 0.15) is 27.9 Å². The summed E-state index contributed by atoms with van der Waals surface area (Å²) in [5.74, 6) is -4.56. The van der Waals surface area contributed by atoms with Crippen molar-refractivity contribution < 1.29 is 18.7 Å². The molecule has 1 aliphatic carbocycles. The minimum absolute atomic E-state index is 0.0449. The number of rotatable bonds is 4. The molecule has 1 atom stereocenters. The molecule has 1 fully saturated rings. The number of fused-ring (bicyclic) bond motifs is 1. The van der Waals surface area contributed by atoms with Gasteiger partial charge in [0.2, 0.25) is 0 Å². The molecular weight excluding hydrogens is 368 g/mol. The lowest BCUT2D eigenvalue weighted by Crippen LogP contribution is -2.23. The quantitative estimate of drug-likeness (QED) is 0.745. The number of aromatic carboxylic acids is 1. The SMILES string of the molecule is Cc1ccc(C(=O)O)c(C)c1-c1ccc2c(n1)n(C)c(=O)n2CC1CC1(F)F. The highest BCUT2D eigenvalue weighted by atomic mass is 19.3. The fourth-order valence-electron chi connectivity index (χ4n) is 3.75. The summed E-state index contributed by atoms with van der Waals surface area (Å²) in [6.45, 7) is 3.53. The predicted molar refractivity (Wildman–Crippen MR) is 99.9 cm³/mol. The van der Waals surface area contributed by atoms with Crippen LogP contribution in [0.3, 0.4) is 0 Å². The van der Waals surface area contributed by atoms with Crippen LogP contribution >= 0.6 is 0 Å². The molecule has 0 spiro atoms. The number of imidazole rings is 1. The van der Waals surface area contributed by atoms with Crippen LogP contribution in [-0.2, 0) is 13.6 Å². The number of nitrogens with zero attached hydrogens (tertiary/aromatic N) is 3. The van der Waals surface area contributed by atoms with E-state index in [1.165, 1.54) is 9.13 Å². The summed E-state index contributed by atoms with van der Waals surface area (Å²) >= 11 is 0. The topological polar surface area (TPSA) is 77.1 Å². The molecule has 2 aromatic heterocycles. The Labute approximate surface area is 159 Å². The van der Waals surface area contributed by atoms with Crippen molar-refractivity contribution in [2.45, 2.75) is 32.7 Å². The van der Waals surface area contributed by atoms with Crippen LogP contribution < -0.4 is 5.69 Å². The third-order valence-electron chi connectivity index (χ3n) is 5.50. The average molecular weight is 387 g/mol. The second-order valence-electron chi connectivity index (χ2n) is 7.39. The summed E-state index contributed by atoms with van der Waals surface area (Å²) in [5, 5.41) is 9.39. The van der Waals surface area contributed by atoms with Crippen molar-refractivity contribution in [2.75, 3.05) is 0 Å². The monoisotopic (exact) mass is 387 g/mol. The number of carboxylic acid groups (broad SMARTS) is 1.